The fraction of sp³-hybridized carbons (Fsp3) is 0.684. The van der Waals surface area contributed by atoms with Crippen LogP contribution in [-0.2, 0) is 6.42 Å². The number of para-hydroxylation sites is 1. The molecule has 0 radical (unpaired) electrons. The SMILES string of the molecule is CCCCCC(CNCC(C)C)Cc1ccccc1OC. The highest BCUT2D eigenvalue weighted by Crippen LogP contribution is 2.23. The van der Waals surface area contributed by atoms with Crippen molar-refractivity contribution < 1.29 is 4.74 Å². The summed E-state index contributed by atoms with van der Waals surface area (Å²) in [4.78, 5) is 0. The second-order valence-electron chi connectivity index (χ2n) is 6.43. The molecule has 0 saturated carbocycles. The fourth-order valence-corrected chi connectivity index (χ4v) is 2.72. The smallest absolute Gasteiger partial charge is 0.122 e. The van der Waals surface area contributed by atoms with Gasteiger partial charge in [0.05, 0.1) is 7.11 Å². The van der Waals surface area contributed by atoms with Gasteiger partial charge in [-0.05, 0) is 49.4 Å². The van der Waals surface area contributed by atoms with Crippen molar-refractivity contribution >= 4 is 0 Å². The van der Waals surface area contributed by atoms with Crippen molar-refractivity contribution in [2.24, 2.45) is 11.8 Å². The molecule has 2 heteroatoms. The summed E-state index contributed by atoms with van der Waals surface area (Å²) in [6.45, 7) is 9.01. The Balaban J connectivity index is 2.57. The molecular weight excluding hydrogens is 258 g/mol. The number of nitrogens with one attached hydrogen (secondary N) is 1. The molecule has 1 unspecified atom stereocenters. The van der Waals surface area contributed by atoms with Crippen molar-refractivity contribution in [3.05, 3.63) is 29.8 Å². The summed E-state index contributed by atoms with van der Waals surface area (Å²) < 4.78 is 5.49. The minimum atomic E-state index is 0.701. The number of unbranched alkanes of at least 4 members (excludes halogenated alkanes) is 2. The number of ether oxygens (including phenoxy) is 1. The average molecular weight is 291 g/mol. The lowest BCUT2D eigenvalue weighted by molar-refractivity contribution is 0.386. The van der Waals surface area contributed by atoms with Crippen LogP contribution in [0.4, 0.5) is 0 Å². The predicted molar refractivity (Wildman–Crippen MR) is 92.0 cm³/mol. The van der Waals surface area contributed by atoms with E-state index in [0.717, 1.165) is 25.3 Å². The summed E-state index contributed by atoms with van der Waals surface area (Å²) in [5, 5.41) is 3.63. The van der Waals surface area contributed by atoms with E-state index in [0.29, 0.717) is 11.8 Å². The molecule has 0 bridgehead atoms. The molecule has 2 nitrogen and oxygen atoms in total. The van der Waals surface area contributed by atoms with E-state index in [1.807, 2.05) is 6.07 Å². The molecule has 0 saturated heterocycles. The Hall–Kier alpha value is -1.02. The molecule has 0 spiro atoms. The van der Waals surface area contributed by atoms with Crippen LogP contribution in [0.3, 0.4) is 0 Å². The number of hydrogen-bond donors (Lipinski definition) is 1. The topological polar surface area (TPSA) is 21.3 Å². The van der Waals surface area contributed by atoms with Crippen LogP contribution in [0, 0.1) is 11.8 Å². The molecule has 0 heterocycles. The predicted octanol–water partition coefficient (Wildman–Crippen LogP) is 4.68. The lowest BCUT2D eigenvalue weighted by Crippen LogP contribution is -2.27. The van der Waals surface area contributed by atoms with Gasteiger partial charge in [-0.2, -0.15) is 0 Å². The highest BCUT2D eigenvalue weighted by molar-refractivity contribution is 5.33. The highest BCUT2D eigenvalue weighted by Gasteiger charge is 2.12. The van der Waals surface area contributed by atoms with Gasteiger partial charge in [-0.15, -0.1) is 0 Å². The molecule has 1 aromatic rings. The summed E-state index contributed by atoms with van der Waals surface area (Å²) in [6, 6.07) is 8.43. The Labute approximate surface area is 131 Å². The second kappa shape index (κ2) is 10.7. The van der Waals surface area contributed by atoms with Gasteiger partial charge in [0.25, 0.3) is 0 Å². The van der Waals surface area contributed by atoms with Crippen LogP contribution in [-0.4, -0.2) is 20.2 Å². The molecule has 0 aliphatic carbocycles. The standard InChI is InChI=1S/C19H33NO/c1-5-6-7-10-17(15-20-14-16(2)3)13-18-11-8-9-12-19(18)21-4/h8-9,11-12,16-17,20H,5-7,10,13-15H2,1-4H3. The van der Waals surface area contributed by atoms with Gasteiger partial charge >= 0.3 is 0 Å². The minimum absolute atomic E-state index is 0.701. The first-order valence-corrected chi connectivity index (χ1v) is 8.50. The summed E-state index contributed by atoms with van der Waals surface area (Å²) in [6.07, 6.45) is 6.38. The molecule has 1 rings (SSSR count). The summed E-state index contributed by atoms with van der Waals surface area (Å²) in [7, 11) is 1.77. The number of methoxy groups -OCH3 is 1. The van der Waals surface area contributed by atoms with Crippen molar-refractivity contribution in [1.29, 1.82) is 0 Å². The molecule has 21 heavy (non-hydrogen) atoms. The van der Waals surface area contributed by atoms with Gasteiger partial charge < -0.3 is 10.1 Å². The van der Waals surface area contributed by atoms with Crippen LogP contribution in [0.15, 0.2) is 24.3 Å². The molecule has 0 aromatic heterocycles. The molecule has 1 atom stereocenters. The third kappa shape index (κ3) is 7.52. The summed E-state index contributed by atoms with van der Waals surface area (Å²) in [5.41, 5.74) is 1.34. The van der Waals surface area contributed by atoms with Crippen LogP contribution in [0.5, 0.6) is 5.75 Å². The first kappa shape index (κ1) is 18.0. The van der Waals surface area contributed by atoms with E-state index < -0.39 is 0 Å². The Bertz CT molecular complexity index is 376. The van der Waals surface area contributed by atoms with E-state index in [-0.39, 0.29) is 0 Å². The van der Waals surface area contributed by atoms with Gasteiger partial charge in [0, 0.05) is 0 Å². The molecule has 0 aliphatic rings. The zero-order chi connectivity index (χ0) is 15.5. The van der Waals surface area contributed by atoms with Gasteiger partial charge in [-0.3, -0.25) is 0 Å². The maximum absolute atomic E-state index is 5.49. The van der Waals surface area contributed by atoms with Crippen molar-refractivity contribution in [1.82, 2.24) is 5.32 Å². The third-order valence-corrected chi connectivity index (χ3v) is 3.90. The number of benzene rings is 1. The normalized spacial score (nSPS) is 12.6. The first-order chi connectivity index (χ1) is 10.2. The molecule has 1 N–H and O–H groups in total. The van der Waals surface area contributed by atoms with Crippen LogP contribution < -0.4 is 10.1 Å². The quantitative estimate of drug-likeness (QED) is 0.598. The Morgan fingerprint density at radius 2 is 1.86 bits per heavy atom. The number of rotatable bonds is 11. The summed E-state index contributed by atoms with van der Waals surface area (Å²) >= 11 is 0. The van der Waals surface area contributed by atoms with E-state index in [1.54, 1.807) is 7.11 Å². The van der Waals surface area contributed by atoms with Crippen molar-refractivity contribution in [3.63, 3.8) is 0 Å². The first-order valence-electron chi connectivity index (χ1n) is 8.50. The Morgan fingerprint density at radius 1 is 1.10 bits per heavy atom. The van der Waals surface area contributed by atoms with Crippen LogP contribution in [0.25, 0.3) is 0 Å². The number of hydrogen-bond acceptors (Lipinski definition) is 2. The maximum atomic E-state index is 5.49. The molecule has 0 aliphatic heterocycles. The van der Waals surface area contributed by atoms with E-state index in [2.05, 4.69) is 44.3 Å². The van der Waals surface area contributed by atoms with E-state index >= 15 is 0 Å². The van der Waals surface area contributed by atoms with Gasteiger partial charge in [-0.1, -0.05) is 58.2 Å². The lowest BCUT2D eigenvalue weighted by Gasteiger charge is -2.20. The maximum Gasteiger partial charge on any atom is 0.122 e. The van der Waals surface area contributed by atoms with Crippen LogP contribution in [0.1, 0.15) is 52.0 Å². The zero-order valence-corrected chi connectivity index (χ0v) is 14.3. The lowest BCUT2D eigenvalue weighted by atomic mass is 9.93. The minimum Gasteiger partial charge on any atom is -0.496 e. The highest BCUT2D eigenvalue weighted by atomic mass is 16.5. The van der Waals surface area contributed by atoms with Gasteiger partial charge in [0.1, 0.15) is 5.75 Å². The van der Waals surface area contributed by atoms with Crippen LogP contribution >= 0.6 is 0 Å². The van der Waals surface area contributed by atoms with Crippen LogP contribution in [0.2, 0.25) is 0 Å². The molecule has 120 valence electrons. The van der Waals surface area contributed by atoms with Gasteiger partial charge in [0.15, 0.2) is 0 Å². The Kier molecular flexibility index (Phi) is 9.16. The van der Waals surface area contributed by atoms with Crippen molar-refractivity contribution in [2.75, 3.05) is 20.2 Å². The third-order valence-electron chi connectivity index (χ3n) is 3.90. The molecule has 0 amide bonds. The van der Waals surface area contributed by atoms with E-state index in [1.165, 1.54) is 31.2 Å². The zero-order valence-electron chi connectivity index (χ0n) is 14.3. The largest absolute Gasteiger partial charge is 0.496 e. The van der Waals surface area contributed by atoms with Crippen molar-refractivity contribution in [3.8, 4) is 5.75 Å². The molecular formula is C19H33NO. The second-order valence-corrected chi connectivity index (χ2v) is 6.43. The molecule has 0 fully saturated rings. The van der Waals surface area contributed by atoms with E-state index in [9.17, 15) is 0 Å². The average Bonchev–Trinajstić information content (AvgIpc) is 2.47. The Morgan fingerprint density at radius 3 is 2.52 bits per heavy atom. The summed E-state index contributed by atoms with van der Waals surface area (Å²) in [5.74, 6) is 2.45. The monoisotopic (exact) mass is 291 g/mol. The van der Waals surface area contributed by atoms with Gasteiger partial charge in [-0.25, -0.2) is 0 Å². The fourth-order valence-electron chi connectivity index (χ4n) is 2.72. The van der Waals surface area contributed by atoms with E-state index in [4.69, 9.17) is 4.74 Å². The van der Waals surface area contributed by atoms with Gasteiger partial charge in [0.2, 0.25) is 0 Å². The molecule has 1 aromatic carbocycles. The van der Waals surface area contributed by atoms with Crippen molar-refractivity contribution in [2.45, 2.75) is 52.9 Å².